The van der Waals surface area contributed by atoms with Gasteiger partial charge < -0.3 is 0 Å². The molecule has 2 N–H and O–H groups in total. The van der Waals surface area contributed by atoms with E-state index in [1.807, 2.05) is 0 Å². The first-order valence-electron chi connectivity index (χ1n) is 29.1. The average molecular weight is 1360 g/mol. The summed E-state index contributed by atoms with van der Waals surface area (Å²) in [5.74, 6) is -3.55. The minimum atomic E-state index is -5.36. The van der Waals surface area contributed by atoms with Gasteiger partial charge in [-0.15, -0.1) is 0 Å². The first kappa shape index (κ1) is 72.3. The van der Waals surface area contributed by atoms with Crippen LogP contribution >= 0.6 is 23.7 Å². The van der Waals surface area contributed by atoms with Gasteiger partial charge in [0.05, 0.1) is 0 Å². The van der Waals surface area contributed by atoms with Gasteiger partial charge in [0.1, 0.15) is 0 Å². The van der Waals surface area contributed by atoms with E-state index < -0.39 is 59.5 Å². The van der Waals surface area contributed by atoms with Crippen LogP contribution in [0.3, 0.4) is 0 Å². The number of nitrogens with zero attached hydrogens (tertiary/aromatic N) is 1. The van der Waals surface area contributed by atoms with Crippen LogP contribution in [0.4, 0.5) is 0 Å². The van der Waals surface area contributed by atoms with E-state index in [1.165, 1.54) is 36.5 Å². The molecule has 1 heterocycles. The Bertz CT molecular complexity index is 4040. The zero-order chi connectivity index (χ0) is 69.4. The fraction of sp³-hybridized carbons (Fsp3) is 0.0833. The van der Waals surface area contributed by atoms with Gasteiger partial charge in [-0.1, -0.05) is 0 Å². The quantitative estimate of drug-likeness (QED) is 0.0140. The molecule has 0 fully saturated rings. The van der Waals surface area contributed by atoms with Gasteiger partial charge in [-0.2, -0.15) is 0 Å². The number of rotatable bonds is 30. The predicted molar refractivity (Wildman–Crippen MR) is 374 cm³/mol. The molecule has 0 spiro atoms. The van der Waals surface area contributed by atoms with Crippen LogP contribution < -0.4 is 36.9 Å². The van der Waals surface area contributed by atoms with Gasteiger partial charge in [0, 0.05) is 0 Å². The minimum absolute atomic E-state index is 0.0323. The fourth-order valence-electron chi connectivity index (χ4n) is 8.68. The summed E-state index contributed by atoms with van der Waals surface area (Å²) in [5, 5.41) is 0. The van der Waals surface area contributed by atoms with Crippen molar-refractivity contribution in [2.45, 2.75) is 41.5 Å². The number of esters is 6. The Labute approximate surface area is 557 Å². The van der Waals surface area contributed by atoms with Crippen LogP contribution in [0.1, 0.15) is 74.9 Å². The van der Waals surface area contributed by atoms with E-state index in [9.17, 15) is 28.8 Å². The van der Waals surface area contributed by atoms with Crippen LogP contribution in [0.5, 0.6) is 34.5 Å². The van der Waals surface area contributed by atoms with Crippen molar-refractivity contribution in [1.29, 1.82) is 0 Å². The Kier molecular flexibility index (Phi) is 25.7. The first-order chi connectivity index (χ1) is 46.0. The van der Waals surface area contributed by atoms with Crippen LogP contribution in [0.15, 0.2) is 261 Å². The van der Waals surface area contributed by atoms with Crippen LogP contribution in [0.25, 0.3) is 36.5 Å². The molecule has 0 unspecified atom stereocenters. The zero-order valence-electron chi connectivity index (χ0n) is 53.3. The second-order valence-electron chi connectivity index (χ2n) is 20.2. The number of hydrogen-bond acceptors (Lipinski definition) is 21. The molecule has 1 aliphatic heterocycles. The molecule has 24 heteroatoms. The van der Waals surface area contributed by atoms with Crippen molar-refractivity contribution in [2.24, 2.45) is 4.52 Å². The molecule has 0 aromatic heterocycles. The molecular weight excluding hydrogens is 1290 g/mol. The van der Waals surface area contributed by atoms with Crippen molar-refractivity contribution in [2.75, 3.05) is 0 Å². The number of hydrogen-bond donors (Lipinski definition) is 2. The number of benzene rings is 6. The van der Waals surface area contributed by atoms with E-state index in [0.29, 0.717) is 33.4 Å². The SMILES string of the molecule is C=CC(=O)OC(C)=Cc1ccccc1OP1(Oc2ccccc2C=C(C)OC(=O)C=C)=N[PH](Oc2ccccc2C=C(C)OC(=O)C=C)(Oc2ccccc2C=C(C)OC(=O)C=C)N[PH](Oc2ccccc2C=C(C)OC(=O)C=C)(Oc2ccccc2C=C(C)OC(=O)C=C)N1. The molecule has 6 aromatic rings. The van der Waals surface area contributed by atoms with E-state index in [-0.39, 0.29) is 69.1 Å². The van der Waals surface area contributed by atoms with E-state index in [1.54, 1.807) is 187 Å². The summed E-state index contributed by atoms with van der Waals surface area (Å²) in [5.41, 5.74) is 1.84. The van der Waals surface area contributed by atoms with Gasteiger partial charge in [0.2, 0.25) is 0 Å². The van der Waals surface area contributed by atoms with Crippen molar-refractivity contribution in [1.82, 2.24) is 9.72 Å². The first-order valence-corrected chi connectivity index (χ1v) is 34.2. The number of nitrogens with one attached hydrogen (secondary N) is 2. The molecule has 0 radical (unpaired) electrons. The average Bonchev–Trinajstić information content (AvgIpc) is 0.728. The van der Waals surface area contributed by atoms with Gasteiger partial charge >= 0.3 is 560 Å². The summed E-state index contributed by atoms with van der Waals surface area (Å²) in [7, 11) is -15.5. The molecule has 1 aliphatic rings. The Hall–Kier alpha value is -11.2. The standard InChI is InChI=1S/C72H70N3O18P3/c1-13-67(76)82-49(7)43-55-31-19-25-37-61(55)88-94(89-62-38-26-20-32-56(62)44-50(8)83-68(77)14-2)73-95(90-63-39-27-21-33-57(63)45-51(9)84-69(78)15-3,91-64-40-28-22-34-58(64)46-52(10)85-70(79)16-4)75-96(74-94,92-65-41-29-23-35-59(65)47-53(11)86-71(80)17-5)93-66-42-30-24-36-60(66)48-54(12)87-72(81)18-6/h13-48,73-74,94-95H,1-6H2,7-12H3. The molecule has 21 nitrogen and oxygen atoms in total. The molecule has 0 saturated heterocycles. The Morgan fingerprint density at radius 3 is 0.781 bits per heavy atom. The van der Waals surface area contributed by atoms with Crippen molar-refractivity contribution in [3.8, 4) is 34.5 Å². The van der Waals surface area contributed by atoms with Gasteiger partial charge in [-0.05, 0) is 0 Å². The van der Waals surface area contributed by atoms with E-state index in [2.05, 4.69) is 49.2 Å². The summed E-state index contributed by atoms with van der Waals surface area (Å²) in [6.07, 6.45) is 15.2. The Balaban J connectivity index is 1.73. The number of ether oxygens (including phenoxy) is 6. The molecule has 96 heavy (non-hydrogen) atoms. The summed E-state index contributed by atoms with van der Waals surface area (Å²) in [6.45, 7) is 30.6. The van der Waals surface area contributed by atoms with E-state index in [4.69, 9.17) is 60.1 Å². The second kappa shape index (κ2) is 34.1. The fourth-order valence-corrected chi connectivity index (χ4v) is 20.4. The van der Waals surface area contributed by atoms with Crippen molar-refractivity contribution >= 4 is 96.0 Å². The Morgan fingerprint density at radius 1 is 0.333 bits per heavy atom. The third-order valence-electron chi connectivity index (χ3n) is 12.6. The Morgan fingerprint density at radius 2 is 0.542 bits per heavy atom. The molecule has 6 aromatic carbocycles. The predicted octanol–water partition coefficient (Wildman–Crippen LogP) is 17.0. The van der Waals surface area contributed by atoms with Crippen LogP contribution in [-0.4, -0.2) is 35.8 Å². The van der Waals surface area contributed by atoms with Gasteiger partial charge in [0.25, 0.3) is 0 Å². The van der Waals surface area contributed by atoms with Crippen molar-refractivity contribution < 1.29 is 84.3 Å². The van der Waals surface area contributed by atoms with E-state index in [0.717, 1.165) is 36.5 Å². The number of carbonyl (C=O) groups is 6. The third kappa shape index (κ3) is 20.9. The van der Waals surface area contributed by atoms with Gasteiger partial charge in [-0.3, -0.25) is 0 Å². The molecular formula is C72H70N3O18P3. The van der Waals surface area contributed by atoms with Gasteiger partial charge in [0.15, 0.2) is 0 Å². The maximum atomic E-state index is 12.7. The van der Waals surface area contributed by atoms with E-state index >= 15 is 0 Å². The molecule has 0 amide bonds. The molecule has 0 aliphatic carbocycles. The zero-order valence-corrected chi connectivity index (χ0v) is 56.2. The number of allylic oxidation sites excluding steroid dienone is 6. The molecule has 7 rings (SSSR count). The maximum absolute atomic E-state index is 12.7. The van der Waals surface area contributed by atoms with Crippen molar-refractivity contribution in [3.05, 3.63) is 289 Å². The topological polar surface area (TPSA) is 250 Å². The number of carbonyl (C=O) groups excluding carboxylic acids is 6. The summed E-state index contributed by atoms with van der Waals surface area (Å²) < 4.78 is 84.2. The van der Waals surface area contributed by atoms with Crippen molar-refractivity contribution in [3.63, 3.8) is 0 Å². The number of para-hydroxylation sites is 6. The summed E-state index contributed by atoms with van der Waals surface area (Å²) in [6, 6.07) is 40.0. The van der Waals surface area contributed by atoms with Crippen LogP contribution in [0.2, 0.25) is 0 Å². The van der Waals surface area contributed by atoms with Crippen LogP contribution in [0, 0.1) is 0 Å². The molecule has 496 valence electrons. The van der Waals surface area contributed by atoms with Gasteiger partial charge in [-0.25, -0.2) is 0 Å². The van der Waals surface area contributed by atoms with Crippen LogP contribution in [-0.2, 0) is 57.2 Å². The summed E-state index contributed by atoms with van der Waals surface area (Å²) in [4.78, 5) is 83.4. The third-order valence-corrected chi connectivity index (χ3v) is 22.4. The molecule has 0 bridgehead atoms. The molecule has 0 saturated carbocycles. The molecule has 0 atom stereocenters. The summed E-state index contributed by atoms with van der Waals surface area (Å²) >= 11 is 0. The second-order valence-corrected chi connectivity index (χ2v) is 27.5. The monoisotopic (exact) mass is 1360 g/mol. The normalized spacial score (nSPS) is 15.9.